The lowest BCUT2D eigenvalue weighted by Crippen LogP contribution is -2.01. The van der Waals surface area contributed by atoms with Gasteiger partial charge < -0.3 is 9.47 Å². The molecule has 0 fully saturated rings. The molecule has 3 nitrogen and oxygen atoms in total. The SMILES string of the molecule is CCOC(=O)C/C=C/c1ccc(OC)cc1C. The summed E-state index contributed by atoms with van der Waals surface area (Å²) in [5.41, 5.74) is 2.19. The van der Waals surface area contributed by atoms with Crippen LogP contribution in [0.25, 0.3) is 6.08 Å². The molecule has 3 heteroatoms. The Morgan fingerprint density at radius 1 is 1.41 bits per heavy atom. The molecule has 0 heterocycles. The van der Waals surface area contributed by atoms with Crippen LogP contribution in [0.1, 0.15) is 24.5 Å². The first-order chi connectivity index (χ1) is 8.17. The molecule has 1 aromatic rings. The minimum Gasteiger partial charge on any atom is -0.497 e. The van der Waals surface area contributed by atoms with Crippen LogP contribution in [0.4, 0.5) is 0 Å². The van der Waals surface area contributed by atoms with E-state index in [1.807, 2.05) is 37.3 Å². The zero-order valence-corrected chi connectivity index (χ0v) is 10.5. The van der Waals surface area contributed by atoms with Crippen LogP contribution >= 0.6 is 0 Å². The van der Waals surface area contributed by atoms with Crippen molar-refractivity contribution < 1.29 is 14.3 Å². The summed E-state index contributed by atoms with van der Waals surface area (Å²) in [6.45, 7) is 4.23. The van der Waals surface area contributed by atoms with E-state index in [9.17, 15) is 4.79 Å². The van der Waals surface area contributed by atoms with Crippen molar-refractivity contribution in [2.45, 2.75) is 20.3 Å². The molecule has 0 aliphatic rings. The van der Waals surface area contributed by atoms with Gasteiger partial charge in [0.05, 0.1) is 20.1 Å². The molecule has 0 aromatic heterocycles. The highest BCUT2D eigenvalue weighted by molar-refractivity contribution is 5.72. The third-order valence-corrected chi connectivity index (χ3v) is 2.36. The second kappa shape index (κ2) is 6.74. The van der Waals surface area contributed by atoms with Crippen LogP contribution in [0.3, 0.4) is 0 Å². The van der Waals surface area contributed by atoms with Gasteiger partial charge in [-0.1, -0.05) is 18.2 Å². The lowest BCUT2D eigenvalue weighted by Gasteiger charge is -2.04. The number of carbonyl (C=O) groups is 1. The average Bonchev–Trinajstić information content (AvgIpc) is 2.31. The molecule has 17 heavy (non-hydrogen) atoms. The molecule has 92 valence electrons. The monoisotopic (exact) mass is 234 g/mol. The third-order valence-electron chi connectivity index (χ3n) is 2.36. The number of carbonyl (C=O) groups excluding carboxylic acids is 1. The quantitative estimate of drug-likeness (QED) is 0.735. The first-order valence-electron chi connectivity index (χ1n) is 5.64. The number of rotatable bonds is 5. The number of benzene rings is 1. The fourth-order valence-corrected chi connectivity index (χ4v) is 1.46. The maximum atomic E-state index is 11.1. The molecule has 0 N–H and O–H groups in total. The van der Waals surface area contributed by atoms with E-state index in [2.05, 4.69) is 0 Å². The van der Waals surface area contributed by atoms with Crippen molar-refractivity contribution in [2.75, 3.05) is 13.7 Å². The average molecular weight is 234 g/mol. The Balaban J connectivity index is 2.62. The van der Waals surface area contributed by atoms with Gasteiger partial charge in [0.15, 0.2) is 0 Å². The number of ether oxygens (including phenoxy) is 2. The largest absolute Gasteiger partial charge is 0.497 e. The van der Waals surface area contributed by atoms with Gasteiger partial charge in [-0.05, 0) is 37.1 Å². The van der Waals surface area contributed by atoms with E-state index in [1.165, 1.54) is 0 Å². The molecule has 0 atom stereocenters. The lowest BCUT2D eigenvalue weighted by atomic mass is 10.1. The Morgan fingerprint density at radius 2 is 2.18 bits per heavy atom. The summed E-state index contributed by atoms with van der Waals surface area (Å²) in [6.07, 6.45) is 4.04. The van der Waals surface area contributed by atoms with Crippen LogP contribution in [0.5, 0.6) is 5.75 Å². The van der Waals surface area contributed by atoms with E-state index in [-0.39, 0.29) is 5.97 Å². The molecule has 0 saturated carbocycles. The van der Waals surface area contributed by atoms with Gasteiger partial charge in [-0.25, -0.2) is 0 Å². The molecule has 0 spiro atoms. The van der Waals surface area contributed by atoms with Crippen molar-refractivity contribution in [1.29, 1.82) is 0 Å². The Labute approximate surface area is 102 Å². The van der Waals surface area contributed by atoms with Gasteiger partial charge in [0.25, 0.3) is 0 Å². The van der Waals surface area contributed by atoms with Gasteiger partial charge >= 0.3 is 5.97 Å². The van der Waals surface area contributed by atoms with E-state index in [0.29, 0.717) is 13.0 Å². The summed E-state index contributed by atoms with van der Waals surface area (Å²) in [7, 11) is 1.64. The van der Waals surface area contributed by atoms with Gasteiger partial charge in [-0.15, -0.1) is 0 Å². The highest BCUT2D eigenvalue weighted by atomic mass is 16.5. The highest BCUT2D eigenvalue weighted by Gasteiger charge is 1.99. The summed E-state index contributed by atoms with van der Waals surface area (Å²) in [5, 5.41) is 0. The van der Waals surface area contributed by atoms with Crippen LogP contribution in [0.15, 0.2) is 24.3 Å². The van der Waals surface area contributed by atoms with Crippen LogP contribution in [0.2, 0.25) is 0 Å². The molecule has 0 unspecified atom stereocenters. The highest BCUT2D eigenvalue weighted by Crippen LogP contribution is 2.18. The fourth-order valence-electron chi connectivity index (χ4n) is 1.46. The van der Waals surface area contributed by atoms with Crippen molar-refractivity contribution >= 4 is 12.0 Å². The molecule has 0 aliphatic carbocycles. The number of aryl methyl sites for hydroxylation is 1. The number of hydrogen-bond donors (Lipinski definition) is 0. The second-order valence-electron chi connectivity index (χ2n) is 3.63. The summed E-state index contributed by atoms with van der Waals surface area (Å²) in [4.78, 5) is 11.1. The van der Waals surface area contributed by atoms with Crippen molar-refractivity contribution in [3.63, 3.8) is 0 Å². The van der Waals surface area contributed by atoms with Crippen LogP contribution in [-0.2, 0) is 9.53 Å². The molecular formula is C14H18O3. The number of esters is 1. The number of hydrogen-bond acceptors (Lipinski definition) is 3. The normalized spacial score (nSPS) is 10.5. The van der Waals surface area contributed by atoms with Gasteiger partial charge in [-0.3, -0.25) is 4.79 Å². The summed E-state index contributed by atoms with van der Waals surface area (Å²) in [5.74, 6) is 0.639. The van der Waals surface area contributed by atoms with E-state index in [0.717, 1.165) is 16.9 Å². The van der Waals surface area contributed by atoms with Crippen molar-refractivity contribution in [1.82, 2.24) is 0 Å². The zero-order valence-electron chi connectivity index (χ0n) is 10.5. The molecule has 0 aliphatic heterocycles. The fraction of sp³-hybridized carbons (Fsp3) is 0.357. The zero-order chi connectivity index (χ0) is 12.7. The minimum absolute atomic E-state index is 0.199. The Kier molecular flexibility index (Phi) is 5.27. The van der Waals surface area contributed by atoms with Crippen LogP contribution in [-0.4, -0.2) is 19.7 Å². The lowest BCUT2D eigenvalue weighted by molar-refractivity contribution is -0.142. The maximum absolute atomic E-state index is 11.1. The van der Waals surface area contributed by atoms with E-state index < -0.39 is 0 Å². The molecule has 0 saturated heterocycles. The van der Waals surface area contributed by atoms with Gasteiger partial charge in [-0.2, -0.15) is 0 Å². The smallest absolute Gasteiger partial charge is 0.309 e. The van der Waals surface area contributed by atoms with E-state index >= 15 is 0 Å². The number of methoxy groups -OCH3 is 1. The van der Waals surface area contributed by atoms with Gasteiger partial charge in [0.1, 0.15) is 5.75 Å². The predicted molar refractivity (Wildman–Crippen MR) is 68.0 cm³/mol. The summed E-state index contributed by atoms with van der Waals surface area (Å²) < 4.78 is 9.96. The van der Waals surface area contributed by atoms with Gasteiger partial charge in [0, 0.05) is 0 Å². The molecular weight excluding hydrogens is 216 g/mol. The van der Waals surface area contributed by atoms with Crippen molar-refractivity contribution in [3.8, 4) is 5.75 Å². The van der Waals surface area contributed by atoms with E-state index in [4.69, 9.17) is 9.47 Å². The second-order valence-corrected chi connectivity index (χ2v) is 3.63. The minimum atomic E-state index is -0.199. The molecule has 0 amide bonds. The van der Waals surface area contributed by atoms with Crippen LogP contribution in [0, 0.1) is 6.92 Å². The maximum Gasteiger partial charge on any atom is 0.309 e. The molecule has 1 aromatic carbocycles. The van der Waals surface area contributed by atoms with Crippen molar-refractivity contribution in [2.24, 2.45) is 0 Å². The Bertz CT molecular complexity index is 408. The van der Waals surface area contributed by atoms with E-state index in [1.54, 1.807) is 14.0 Å². The summed E-state index contributed by atoms with van der Waals surface area (Å²) >= 11 is 0. The topological polar surface area (TPSA) is 35.5 Å². The molecule has 0 bridgehead atoms. The third kappa shape index (κ3) is 4.31. The van der Waals surface area contributed by atoms with Crippen LogP contribution < -0.4 is 4.74 Å². The predicted octanol–water partition coefficient (Wildman–Crippen LogP) is 2.97. The molecule has 0 radical (unpaired) electrons. The first-order valence-corrected chi connectivity index (χ1v) is 5.64. The summed E-state index contributed by atoms with van der Waals surface area (Å²) in [6, 6.07) is 5.83. The van der Waals surface area contributed by atoms with Crippen molar-refractivity contribution in [3.05, 3.63) is 35.4 Å². The standard InChI is InChI=1S/C14H18O3/c1-4-17-14(15)7-5-6-12-8-9-13(16-3)10-11(12)2/h5-6,8-10H,4,7H2,1-3H3/b6-5+. The Morgan fingerprint density at radius 3 is 2.76 bits per heavy atom. The molecule has 1 rings (SSSR count). The first kappa shape index (κ1) is 13.3. The Hall–Kier alpha value is -1.77. The van der Waals surface area contributed by atoms with Gasteiger partial charge in [0.2, 0.25) is 0 Å².